The zero-order chi connectivity index (χ0) is 19.8. The van der Waals surface area contributed by atoms with Gasteiger partial charge in [-0.15, -0.1) is 0 Å². The van der Waals surface area contributed by atoms with Gasteiger partial charge in [0, 0.05) is 24.3 Å². The van der Waals surface area contributed by atoms with Crippen LogP contribution in [0.25, 0.3) is 0 Å². The Morgan fingerprint density at radius 1 is 0.964 bits per heavy atom. The second kappa shape index (κ2) is 9.73. The fraction of sp³-hybridized carbons (Fsp3) is 0.381. The average Bonchev–Trinajstić information content (AvgIpc) is 3.11. The predicted molar refractivity (Wildman–Crippen MR) is 105 cm³/mol. The van der Waals surface area contributed by atoms with Crippen LogP contribution in [0.4, 0.5) is 0 Å². The molecule has 2 N–H and O–H groups in total. The highest BCUT2D eigenvalue weighted by molar-refractivity contribution is 5.77. The van der Waals surface area contributed by atoms with E-state index in [1.54, 1.807) is 18.3 Å². The van der Waals surface area contributed by atoms with E-state index in [2.05, 4.69) is 10.6 Å². The molecule has 7 nitrogen and oxygen atoms in total. The summed E-state index contributed by atoms with van der Waals surface area (Å²) in [6.45, 7) is 0.332. The van der Waals surface area contributed by atoms with Crippen molar-refractivity contribution in [2.75, 3.05) is 6.61 Å². The number of benzene rings is 1. The summed E-state index contributed by atoms with van der Waals surface area (Å²) in [6, 6.07) is 14.2. The van der Waals surface area contributed by atoms with Gasteiger partial charge in [0.2, 0.25) is 11.8 Å². The lowest BCUT2D eigenvalue weighted by Crippen LogP contribution is -2.39. The summed E-state index contributed by atoms with van der Waals surface area (Å²) in [6.07, 6.45) is 4.21. The van der Waals surface area contributed by atoms with Crippen molar-refractivity contribution in [3.05, 3.63) is 65.1 Å². The molecule has 3 rings (SSSR count). The highest BCUT2D eigenvalue weighted by Crippen LogP contribution is 2.19. The van der Waals surface area contributed by atoms with Crippen LogP contribution in [0.3, 0.4) is 0 Å². The van der Waals surface area contributed by atoms with E-state index in [0.29, 0.717) is 19.4 Å². The van der Waals surface area contributed by atoms with Crippen LogP contribution in [-0.4, -0.2) is 35.1 Å². The van der Waals surface area contributed by atoms with Gasteiger partial charge in [0.05, 0.1) is 13.0 Å². The smallest absolute Gasteiger partial charge is 0.250 e. The number of nitrogens with one attached hydrogen (secondary N) is 2. The molecule has 28 heavy (non-hydrogen) atoms. The van der Waals surface area contributed by atoms with Crippen molar-refractivity contribution < 1.29 is 14.3 Å². The topological polar surface area (TPSA) is 89.4 Å². The molecule has 1 heterocycles. The van der Waals surface area contributed by atoms with Gasteiger partial charge in [0.25, 0.3) is 5.56 Å². The quantitative estimate of drug-likeness (QED) is 0.722. The van der Waals surface area contributed by atoms with Crippen LogP contribution >= 0.6 is 0 Å². The highest BCUT2D eigenvalue weighted by atomic mass is 16.5. The van der Waals surface area contributed by atoms with Crippen molar-refractivity contribution in [3.8, 4) is 5.75 Å². The van der Waals surface area contributed by atoms with E-state index < -0.39 is 0 Å². The Morgan fingerprint density at radius 3 is 2.36 bits per heavy atom. The third-order valence-corrected chi connectivity index (χ3v) is 4.72. The largest absolute Gasteiger partial charge is 0.493 e. The number of ether oxygens (including phenoxy) is 1. The van der Waals surface area contributed by atoms with Crippen LogP contribution < -0.4 is 20.9 Å². The van der Waals surface area contributed by atoms with E-state index in [0.717, 1.165) is 18.6 Å². The van der Waals surface area contributed by atoms with Gasteiger partial charge in [-0.3, -0.25) is 14.4 Å². The third-order valence-electron chi connectivity index (χ3n) is 4.72. The number of para-hydroxylation sites is 1. The number of amides is 2. The molecule has 2 aromatic rings. The summed E-state index contributed by atoms with van der Waals surface area (Å²) in [4.78, 5) is 35.9. The van der Waals surface area contributed by atoms with E-state index in [1.807, 2.05) is 30.3 Å². The van der Waals surface area contributed by atoms with Gasteiger partial charge in [-0.25, -0.2) is 0 Å². The second-order valence-corrected chi connectivity index (χ2v) is 6.92. The number of aromatic nitrogens is 1. The number of pyridine rings is 1. The fourth-order valence-corrected chi connectivity index (χ4v) is 3.34. The lowest BCUT2D eigenvalue weighted by molar-refractivity contribution is -0.122. The molecular weight excluding hydrogens is 358 g/mol. The number of rotatable bonds is 8. The van der Waals surface area contributed by atoms with E-state index in [-0.39, 0.29) is 36.0 Å². The lowest BCUT2D eigenvalue weighted by Gasteiger charge is -2.15. The van der Waals surface area contributed by atoms with Crippen LogP contribution in [0, 0.1) is 0 Å². The normalized spacial score (nSPS) is 18.4. The van der Waals surface area contributed by atoms with Crippen LogP contribution in [0.15, 0.2) is 59.5 Å². The predicted octanol–water partition coefficient (Wildman–Crippen LogP) is 1.47. The van der Waals surface area contributed by atoms with Gasteiger partial charge >= 0.3 is 0 Å². The first kappa shape index (κ1) is 19.7. The summed E-state index contributed by atoms with van der Waals surface area (Å²) in [5.74, 6) is 0.502. The highest BCUT2D eigenvalue weighted by Gasteiger charge is 2.27. The van der Waals surface area contributed by atoms with Gasteiger partial charge < -0.3 is 19.9 Å². The van der Waals surface area contributed by atoms with E-state index in [4.69, 9.17) is 4.74 Å². The first-order valence-corrected chi connectivity index (χ1v) is 9.52. The standard InChI is InChI=1S/C21H25N3O4/c25-19(11-13-28-18-6-2-1-3-7-18)22-16-9-10-17(14-16)23-20(26)15-24-12-5-4-8-21(24)27/h1-8,12,16-17H,9-11,13-15H2,(H,22,25)(H,23,26)/t16-,17+/m1/s1. The molecule has 0 saturated heterocycles. The maximum atomic E-state index is 12.2. The van der Waals surface area contributed by atoms with E-state index in [9.17, 15) is 14.4 Å². The van der Waals surface area contributed by atoms with Crippen molar-refractivity contribution in [1.29, 1.82) is 0 Å². The Bertz CT molecular complexity index is 850. The molecule has 1 aromatic carbocycles. The maximum absolute atomic E-state index is 12.2. The molecule has 0 aliphatic heterocycles. The minimum Gasteiger partial charge on any atom is -0.493 e. The summed E-state index contributed by atoms with van der Waals surface area (Å²) in [7, 11) is 0. The Balaban J connectivity index is 1.35. The second-order valence-electron chi connectivity index (χ2n) is 6.92. The number of hydrogen-bond donors (Lipinski definition) is 2. The van der Waals surface area contributed by atoms with Gasteiger partial charge in [-0.05, 0) is 37.5 Å². The molecule has 148 valence electrons. The summed E-state index contributed by atoms with van der Waals surface area (Å²) in [5, 5.41) is 5.95. The molecule has 2 amide bonds. The number of carbonyl (C=O) groups is 2. The van der Waals surface area contributed by atoms with E-state index >= 15 is 0 Å². The Kier molecular flexibility index (Phi) is 6.84. The Morgan fingerprint density at radius 2 is 1.64 bits per heavy atom. The maximum Gasteiger partial charge on any atom is 0.250 e. The number of hydrogen-bond acceptors (Lipinski definition) is 4. The minimum absolute atomic E-state index is 0.00399. The molecule has 0 bridgehead atoms. The van der Waals surface area contributed by atoms with Crippen molar-refractivity contribution in [1.82, 2.24) is 15.2 Å². The molecule has 1 aliphatic carbocycles. The molecule has 2 atom stereocenters. The van der Waals surface area contributed by atoms with Gasteiger partial charge in [-0.1, -0.05) is 24.3 Å². The third kappa shape index (κ3) is 5.97. The Hall–Kier alpha value is -3.09. The van der Waals surface area contributed by atoms with Crippen molar-refractivity contribution in [3.63, 3.8) is 0 Å². The van der Waals surface area contributed by atoms with Crippen LogP contribution in [0.1, 0.15) is 25.7 Å². The SMILES string of the molecule is O=C(CCOc1ccccc1)N[C@@H]1CC[C@H](NC(=O)Cn2ccccc2=O)C1. The monoisotopic (exact) mass is 383 g/mol. The summed E-state index contributed by atoms with van der Waals surface area (Å²) >= 11 is 0. The number of carbonyl (C=O) groups excluding carboxylic acids is 2. The summed E-state index contributed by atoms with van der Waals surface area (Å²) < 4.78 is 6.91. The first-order valence-electron chi connectivity index (χ1n) is 9.52. The molecular formula is C21H25N3O4. The lowest BCUT2D eigenvalue weighted by atomic mass is 10.2. The molecule has 1 aromatic heterocycles. The molecule has 0 radical (unpaired) electrons. The van der Waals surface area contributed by atoms with Crippen molar-refractivity contribution >= 4 is 11.8 Å². The molecule has 7 heteroatoms. The Labute approximate surface area is 163 Å². The molecule has 1 aliphatic rings. The van der Waals surface area contributed by atoms with Crippen LogP contribution in [0.5, 0.6) is 5.75 Å². The van der Waals surface area contributed by atoms with Gasteiger partial charge in [0.15, 0.2) is 0 Å². The molecule has 1 fully saturated rings. The molecule has 0 unspecified atom stereocenters. The number of nitrogens with zero attached hydrogens (tertiary/aromatic N) is 1. The fourth-order valence-electron chi connectivity index (χ4n) is 3.34. The summed E-state index contributed by atoms with van der Waals surface area (Å²) in [5.41, 5.74) is -0.202. The zero-order valence-electron chi connectivity index (χ0n) is 15.7. The average molecular weight is 383 g/mol. The molecule has 1 saturated carbocycles. The zero-order valence-corrected chi connectivity index (χ0v) is 15.7. The van der Waals surface area contributed by atoms with Crippen LogP contribution in [-0.2, 0) is 16.1 Å². The van der Waals surface area contributed by atoms with Crippen molar-refractivity contribution in [2.45, 2.75) is 44.3 Å². The van der Waals surface area contributed by atoms with Crippen molar-refractivity contribution in [2.24, 2.45) is 0 Å². The minimum atomic E-state index is -0.202. The van der Waals surface area contributed by atoms with Gasteiger partial charge in [0.1, 0.15) is 12.3 Å². The van der Waals surface area contributed by atoms with Crippen LogP contribution in [0.2, 0.25) is 0 Å². The first-order chi connectivity index (χ1) is 13.6. The molecule has 0 spiro atoms. The van der Waals surface area contributed by atoms with Gasteiger partial charge in [-0.2, -0.15) is 0 Å². The van der Waals surface area contributed by atoms with E-state index in [1.165, 1.54) is 10.6 Å².